The number of carbonyl (C=O) groups is 2. The maximum Gasteiger partial charge on any atom is 0.291 e. The fraction of sp³-hybridized carbons (Fsp3) is 0.217. The number of morpholine rings is 1. The van der Waals surface area contributed by atoms with Gasteiger partial charge in [-0.05, 0) is 48.5 Å². The first kappa shape index (κ1) is 21.1. The van der Waals surface area contributed by atoms with Gasteiger partial charge in [-0.15, -0.1) is 0 Å². The second-order valence-corrected chi connectivity index (χ2v) is 7.52. The summed E-state index contributed by atoms with van der Waals surface area (Å²) >= 11 is 6.18. The highest BCUT2D eigenvalue weighted by Gasteiger charge is 2.15. The maximum atomic E-state index is 12.5. The van der Waals surface area contributed by atoms with Crippen LogP contribution >= 0.6 is 11.6 Å². The molecule has 1 aliphatic rings. The lowest BCUT2D eigenvalue weighted by molar-refractivity contribution is -0.118. The molecule has 8 heteroatoms. The number of benzene rings is 2. The quantitative estimate of drug-likeness (QED) is 0.603. The third-order valence-corrected chi connectivity index (χ3v) is 5.20. The van der Waals surface area contributed by atoms with Gasteiger partial charge in [0.1, 0.15) is 5.76 Å². The molecule has 1 fully saturated rings. The number of hydrogen-bond acceptors (Lipinski definition) is 5. The molecule has 1 aliphatic heterocycles. The van der Waals surface area contributed by atoms with Crippen LogP contribution in [0, 0.1) is 0 Å². The standard InChI is InChI=1S/C23H22ClN3O4/c24-19-4-2-1-3-18(19)20-9-10-21(31-20)23(29)26-17-7-5-16(6-8-17)25-22(28)15-27-11-13-30-14-12-27/h1-10H,11-15H2,(H,25,28)(H,26,29). The van der Waals surface area contributed by atoms with Gasteiger partial charge in [-0.1, -0.05) is 23.7 Å². The van der Waals surface area contributed by atoms with Crippen molar-refractivity contribution in [3.05, 3.63) is 71.4 Å². The van der Waals surface area contributed by atoms with E-state index in [0.717, 1.165) is 18.7 Å². The van der Waals surface area contributed by atoms with Gasteiger partial charge in [-0.3, -0.25) is 14.5 Å². The largest absolute Gasteiger partial charge is 0.451 e. The number of rotatable bonds is 6. The molecule has 2 heterocycles. The van der Waals surface area contributed by atoms with Crippen molar-refractivity contribution in [2.24, 2.45) is 0 Å². The van der Waals surface area contributed by atoms with E-state index in [0.29, 0.717) is 41.9 Å². The van der Waals surface area contributed by atoms with Gasteiger partial charge in [0.25, 0.3) is 5.91 Å². The van der Waals surface area contributed by atoms with E-state index in [9.17, 15) is 9.59 Å². The van der Waals surface area contributed by atoms with E-state index in [-0.39, 0.29) is 17.6 Å². The molecule has 1 saturated heterocycles. The second-order valence-electron chi connectivity index (χ2n) is 7.11. The number of hydrogen-bond donors (Lipinski definition) is 2. The Hall–Kier alpha value is -3.13. The fourth-order valence-electron chi connectivity index (χ4n) is 3.26. The Morgan fingerprint density at radius 3 is 2.29 bits per heavy atom. The Labute approximate surface area is 184 Å². The lowest BCUT2D eigenvalue weighted by Gasteiger charge is -2.25. The summed E-state index contributed by atoms with van der Waals surface area (Å²) in [5.41, 5.74) is 1.97. The molecule has 0 saturated carbocycles. The number of nitrogens with one attached hydrogen (secondary N) is 2. The number of furan rings is 1. The highest BCUT2D eigenvalue weighted by atomic mass is 35.5. The van der Waals surface area contributed by atoms with Crippen LogP contribution in [-0.4, -0.2) is 49.6 Å². The molecular weight excluding hydrogens is 418 g/mol. The minimum Gasteiger partial charge on any atom is -0.451 e. The first-order chi connectivity index (χ1) is 15.1. The average molecular weight is 440 g/mol. The zero-order valence-electron chi connectivity index (χ0n) is 16.8. The van der Waals surface area contributed by atoms with E-state index in [1.807, 2.05) is 23.1 Å². The van der Waals surface area contributed by atoms with Gasteiger partial charge in [-0.25, -0.2) is 0 Å². The SMILES string of the molecule is O=C(CN1CCOCC1)Nc1ccc(NC(=O)c2ccc(-c3ccccc3Cl)o2)cc1. The van der Waals surface area contributed by atoms with Crippen LogP contribution in [0.3, 0.4) is 0 Å². The monoisotopic (exact) mass is 439 g/mol. The predicted molar refractivity (Wildman–Crippen MR) is 119 cm³/mol. The van der Waals surface area contributed by atoms with Crippen LogP contribution in [0.15, 0.2) is 65.1 Å². The van der Waals surface area contributed by atoms with Crippen molar-refractivity contribution in [3.63, 3.8) is 0 Å². The van der Waals surface area contributed by atoms with Crippen LogP contribution in [0.4, 0.5) is 11.4 Å². The molecule has 1 aromatic heterocycles. The van der Waals surface area contributed by atoms with Crippen molar-refractivity contribution < 1.29 is 18.7 Å². The van der Waals surface area contributed by atoms with Crippen molar-refractivity contribution >= 4 is 34.8 Å². The molecule has 3 aromatic rings. The Morgan fingerprint density at radius 1 is 0.903 bits per heavy atom. The van der Waals surface area contributed by atoms with Crippen LogP contribution in [0.2, 0.25) is 5.02 Å². The van der Waals surface area contributed by atoms with Crippen molar-refractivity contribution in [3.8, 4) is 11.3 Å². The summed E-state index contributed by atoms with van der Waals surface area (Å²) < 4.78 is 11.0. The van der Waals surface area contributed by atoms with Crippen LogP contribution < -0.4 is 10.6 Å². The smallest absolute Gasteiger partial charge is 0.291 e. The van der Waals surface area contributed by atoms with E-state index >= 15 is 0 Å². The van der Waals surface area contributed by atoms with Crippen LogP contribution in [0.5, 0.6) is 0 Å². The molecule has 4 rings (SSSR count). The average Bonchev–Trinajstić information content (AvgIpc) is 3.26. The van der Waals surface area contributed by atoms with E-state index < -0.39 is 0 Å². The summed E-state index contributed by atoms with van der Waals surface area (Å²) in [7, 11) is 0. The summed E-state index contributed by atoms with van der Waals surface area (Å²) in [4.78, 5) is 26.7. The summed E-state index contributed by atoms with van der Waals surface area (Å²) in [5, 5.41) is 6.20. The van der Waals surface area contributed by atoms with Crippen molar-refractivity contribution in [2.75, 3.05) is 43.5 Å². The molecule has 2 aromatic carbocycles. The summed E-state index contributed by atoms with van der Waals surface area (Å²) in [5.74, 6) is 0.246. The lowest BCUT2D eigenvalue weighted by Crippen LogP contribution is -2.41. The molecule has 2 amide bonds. The van der Waals surface area contributed by atoms with Crippen molar-refractivity contribution in [1.29, 1.82) is 0 Å². The third-order valence-electron chi connectivity index (χ3n) is 4.87. The maximum absolute atomic E-state index is 12.5. The molecule has 0 spiro atoms. The van der Waals surface area contributed by atoms with E-state index in [4.69, 9.17) is 20.8 Å². The summed E-state index contributed by atoms with van der Waals surface area (Å²) in [6.45, 7) is 3.13. The Bertz CT molecular complexity index is 1060. The summed E-state index contributed by atoms with van der Waals surface area (Å²) in [6.07, 6.45) is 0. The molecule has 31 heavy (non-hydrogen) atoms. The van der Waals surface area contributed by atoms with Gasteiger partial charge < -0.3 is 19.8 Å². The number of anilines is 2. The Kier molecular flexibility index (Phi) is 6.66. The highest BCUT2D eigenvalue weighted by molar-refractivity contribution is 6.33. The first-order valence-electron chi connectivity index (χ1n) is 9.94. The second kappa shape index (κ2) is 9.78. The normalized spacial score (nSPS) is 14.2. The van der Waals surface area contributed by atoms with Crippen LogP contribution in [-0.2, 0) is 9.53 Å². The molecule has 2 N–H and O–H groups in total. The lowest BCUT2D eigenvalue weighted by atomic mass is 10.2. The molecule has 0 bridgehead atoms. The van der Waals surface area contributed by atoms with Gasteiger partial charge >= 0.3 is 0 Å². The van der Waals surface area contributed by atoms with E-state index in [2.05, 4.69) is 10.6 Å². The molecule has 7 nitrogen and oxygen atoms in total. The minimum atomic E-state index is -0.373. The number of halogens is 1. The molecule has 0 radical (unpaired) electrons. The Morgan fingerprint density at radius 2 is 1.58 bits per heavy atom. The zero-order chi connectivity index (χ0) is 21.6. The Balaban J connectivity index is 1.33. The summed E-state index contributed by atoms with van der Waals surface area (Å²) in [6, 6.07) is 17.5. The van der Waals surface area contributed by atoms with Gasteiger partial charge in [0, 0.05) is 30.0 Å². The number of ether oxygens (including phenoxy) is 1. The molecular formula is C23H22ClN3O4. The van der Waals surface area contributed by atoms with Crippen molar-refractivity contribution in [1.82, 2.24) is 4.90 Å². The molecule has 0 aliphatic carbocycles. The van der Waals surface area contributed by atoms with Gasteiger partial charge in [0.05, 0.1) is 24.8 Å². The van der Waals surface area contributed by atoms with E-state index in [1.54, 1.807) is 42.5 Å². The number of nitrogens with zero attached hydrogens (tertiary/aromatic N) is 1. The van der Waals surface area contributed by atoms with Gasteiger partial charge in [0.15, 0.2) is 5.76 Å². The van der Waals surface area contributed by atoms with Gasteiger partial charge in [0.2, 0.25) is 5.91 Å². The predicted octanol–water partition coefficient (Wildman–Crippen LogP) is 4.12. The van der Waals surface area contributed by atoms with Crippen LogP contribution in [0.25, 0.3) is 11.3 Å². The minimum absolute atomic E-state index is 0.0821. The zero-order valence-corrected chi connectivity index (χ0v) is 17.5. The van der Waals surface area contributed by atoms with Crippen molar-refractivity contribution in [2.45, 2.75) is 0 Å². The molecule has 0 unspecified atom stereocenters. The fourth-order valence-corrected chi connectivity index (χ4v) is 3.49. The number of carbonyl (C=O) groups excluding carboxylic acids is 2. The van der Waals surface area contributed by atoms with Crippen LogP contribution in [0.1, 0.15) is 10.6 Å². The topological polar surface area (TPSA) is 83.8 Å². The number of amides is 2. The van der Waals surface area contributed by atoms with E-state index in [1.165, 1.54) is 0 Å². The molecule has 0 atom stereocenters. The van der Waals surface area contributed by atoms with Gasteiger partial charge in [-0.2, -0.15) is 0 Å². The third kappa shape index (κ3) is 5.52. The first-order valence-corrected chi connectivity index (χ1v) is 10.3. The highest BCUT2D eigenvalue weighted by Crippen LogP contribution is 2.29. The molecule has 160 valence electrons.